The van der Waals surface area contributed by atoms with Crippen LogP contribution >= 0.6 is 15.9 Å². The number of fused-ring (bicyclic) bond motifs is 1. The molecule has 3 N–H and O–H groups in total. The topological polar surface area (TPSA) is 72.9 Å². The van der Waals surface area contributed by atoms with Crippen molar-refractivity contribution in [1.29, 1.82) is 0 Å². The highest BCUT2D eigenvalue weighted by Crippen LogP contribution is 2.32. The summed E-state index contributed by atoms with van der Waals surface area (Å²) in [5.74, 6) is 0.912. The maximum atomic E-state index is 11.4. The number of aryl methyl sites for hydroxylation is 1. The third kappa shape index (κ3) is 2.14. The predicted molar refractivity (Wildman–Crippen MR) is 81.2 cm³/mol. The average Bonchev–Trinajstić information content (AvgIpc) is 2.73. The maximum absolute atomic E-state index is 11.4. The minimum atomic E-state index is 0.0809. The number of anilines is 1. The third-order valence-corrected chi connectivity index (χ3v) is 4.15. The van der Waals surface area contributed by atoms with E-state index >= 15 is 0 Å². The molecule has 3 rings (SSSR count). The van der Waals surface area contributed by atoms with E-state index in [4.69, 9.17) is 5.73 Å². The molecule has 0 saturated carbocycles. The first-order valence-electron chi connectivity index (χ1n) is 6.44. The van der Waals surface area contributed by atoms with E-state index in [9.17, 15) is 4.79 Å². The van der Waals surface area contributed by atoms with Gasteiger partial charge in [0.05, 0.1) is 12.2 Å². The molecule has 1 aromatic heterocycles. The van der Waals surface area contributed by atoms with Gasteiger partial charge in [0.15, 0.2) is 0 Å². The number of nitrogens with two attached hydrogens (primary N) is 1. The number of carbonyl (C=O) groups excluding carboxylic acids is 1. The van der Waals surface area contributed by atoms with Crippen LogP contribution in [-0.2, 0) is 24.8 Å². The highest BCUT2D eigenvalue weighted by molar-refractivity contribution is 9.10. The highest BCUT2D eigenvalue weighted by atomic mass is 79.9. The van der Waals surface area contributed by atoms with Crippen LogP contribution < -0.4 is 11.1 Å². The fourth-order valence-electron chi connectivity index (χ4n) is 2.53. The molecule has 1 aliphatic heterocycles. The van der Waals surface area contributed by atoms with Gasteiger partial charge in [-0.3, -0.25) is 4.79 Å². The second-order valence-corrected chi connectivity index (χ2v) is 5.60. The summed E-state index contributed by atoms with van der Waals surface area (Å²) in [6.07, 6.45) is 1.31. The van der Waals surface area contributed by atoms with E-state index in [-0.39, 0.29) is 5.91 Å². The van der Waals surface area contributed by atoms with Crippen molar-refractivity contribution in [1.82, 2.24) is 9.55 Å². The van der Waals surface area contributed by atoms with E-state index in [1.165, 1.54) is 0 Å². The lowest BCUT2D eigenvalue weighted by molar-refractivity contribution is -0.116. The van der Waals surface area contributed by atoms with Crippen LogP contribution in [0.15, 0.2) is 22.8 Å². The Hall–Kier alpha value is -1.66. The van der Waals surface area contributed by atoms with E-state index in [0.717, 1.165) is 39.4 Å². The molecule has 0 unspecified atom stereocenters. The molecule has 20 heavy (non-hydrogen) atoms. The number of halogens is 1. The molecule has 0 fully saturated rings. The normalized spacial score (nSPS) is 14.1. The van der Waals surface area contributed by atoms with Crippen LogP contribution in [0, 0.1) is 0 Å². The number of benzene rings is 1. The molecule has 104 valence electrons. The molecule has 2 heterocycles. The minimum absolute atomic E-state index is 0.0809. The molecule has 5 nitrogen and oxygen atoms in total. The van der Waals surface area contributed by atoms with E-state index in [2.05, 4.69) is 32.3 Å². The van der Waals surface area contributed by atoms with E-state index in [1.807, 2.05) is 23.7 Å². The number of nitrogens with zero attached hydrogens (tertiary/aromatic N) is 2. The lowest BCUT2D eigenvalue weighted by atomic mass is 9.99. The second kappa shape index (κ2) is 5.03. The molecule has 1 aromatic carbocycles. The Bertz CT molecular complexity index is 693. The van der Waals surface area contributed by atoms with E-state index in [0.29, 0.717) is 13.0 Å². The number of hydrogen-bond acceptors (Lipinski definition) is 3. The SMILES string of the molecule is Cn1c(CN)nc(Br)c1-c1ccc2c(c1)CCC(=O)N2. The van der Waals surface area contributed by atoms with Crippen molar-refractivity contribution in [3.05, 3.63) is 34.2 Å². The van der Waals surface area contributed by atoms with Gasteiger partial charge in [0.1, 0.15) is 10.4 Å². The van der Waals surface area contributed by atoms with Gasteiger partial charge in [0.25, 0.3) is 0 Å². The van der Waals surface area contributed by atoms with Gasteiger partial charge in [-0.05, 0) is 40.0 Å². The summed E-state index contributed by atoms with van der Waals surface area (Å²) in [4.78, 5) is 15.8. The molecule has 1 amide bonds. The smallest absolute Gasteiger partial charge is 0.224 e. The Labute approximate surface area is 125 Å². The zero-order valence-corrected chi connectivity index (χ0v) is 12.7. The van der Waals surface area contributed by atoms with Crippen LogP contribution in [0.5, 0.6) is 0 Å². The maximum Gasteiger partial charge on any atom is 0.224 e. The largest absolute Gasteiger partial charge is 0.329 e. The molecule has 1 aliphatic rings. The number of aromatic nitrogens is 2. The first kappa shape index (κ1) is 13.3. The van der Waals surface area contributed by atoms with Crippen molar-refractivity contribution in [2.45, 2.75) is 19.4 Å². The van der Waals surface area contributed by atoms with Crippen LogP contribution in [0.25, 0.3) is 11.3 Å². The summed E-state index contributed by atoms with van der Waals surface area (Å²) < 4.78 is 2.79. The van der Waals surface area contributed by atoms with Crippen LogP contribution in [0.4, 0.5) is 5.69 Å². The summed E-state index contributed by atoms with van der Waals surface area (Å²) in [6, 6.07) is 6.05. The van der Waals surface area contributed by atoms with Gasteiger partial charge in [0.2, 0.25) is 5.91 Å². The second-order valence-electron chi connectivity index (χ2n) is 4.85. The van der Waals surface area contributed by atoms with Gasteiger partial charge < -0.3 is 15.6 Å². The summed E-state index contributed by atoms with van der Waals surface area (Å²) >= 11 is 3.49. The monoisotopic (exact) mass is 334 g/mol. The first-order valence-corrected chi connectivity index (χ1v) is 7.23. The van der Waals surface area contributed by atoms with Crippen molar-refractivity contribution >= 4 is 27.5 Å². The molecule has 0 saturated heterocycles. The van der Waals surface area contributed by atoms with Crippen LogP contribution in [0.1, 0.15) is 17.8 Å². The van der Waals surface area contributed by atoms with Gasteiger partial charge in [-0.2, -0.15) is 0 Å². The number of rotatable bonds is 2. The minimum Gasteiger partial charge on any atom is -0.329 e. The number of amides is 1. The van der Waals surface area contributed by atoms with Crippen LogP contribution in [0.2, 0.25) is 0 Å². The quantitative estimate of drug-likeness (QED) is 0.884. The number of nitrogens with one attached hydrogen (secondary N) is 1. The predicted octanol–water partition coefficient (Wildman–Crippen LogP) is 2.19. The Morgan fingerprint density at radius 3 is 2.95 bits per heavy atom. The lowest BCUT2D eigenvalue weighted by Gasteiger charge is -2.17. The number of carbonyl (C=O) groups is 1. The Kier molecular flexibility index (Phi) is 3.35. The van der Waals surface area contributed by atoms with Crippen molar-refractivity contribution in [3.63, 3.8) is 0 Å². The van der Waals surface area contributed by atoms with Crippen LogP contribution in [0.3, 0.4) is 0 Å². The molecule has 2 aromatic rings. The Morgan fingerprint density at radius 1 is 1.45 bits per heavy atom. The van der Waals surface area contributed by atoms with Gasteiger partial charge in [-0.25, -0.2) is 4.98 Å². The van der Waals surface area contributed by atoms with Gasteiger partial charge in [0, 0.05) is 24.7 Å². The molecular formula is C14H15BrN4O. The fraction of sp³-hybridized carbons (Fsp3) is 0.286. The standard InChI is InChI=1S/C14H15BrN4O/c1-19-11(7-16)18-14(15)13(19)9-2-4-10-8(6-9)3-5-12(20)17-10/h2,4,6H,3,5,7,16H2,1H3,(H,17,20). The fourth-order valence-corrected chi connectivity index (χ4v) is 3.23. The first-order chi connectivity index (χ1) is 9.60. The molecule has 0 aliphatic carbocycles. The van der Waals surface area contributed by atoms with Gasteiger partial charge >= 0.3 is 0 Å². The van der Waals surface area contributed by atoms with Crippen molar-refractivity contribution in [2.24, 2.45) is 12.8 Å². The summed E-state index contributed by atoms with van der Waals surface area (Å²) in [6.45, 7) is 0.399. The number of imidazole rings is 1. The third-order valence-electron chi connectivity index (χ3n) is 3.60. The Balaban J connectivity index is 2.08. The molecule has 0 bridgehead atoms. The van der Waals surface area contributed by atoms with E-state index in [1.54, 1.807) is 0 Å². The summed E-state index contributed by atoms with van der Waals surface area (Å²) in [5.41, 5.74) is 9.82. The van der Waals surface area contributed by atoms with Gasteiger partial charge in [-0.15, -0.1) is 0 Å². The molecule has 6 heteroatoms. The van der Waals surface area contributed by atoms with Crippen molar-refractivity contribution < 1.29 is 4.79 Å². The number of hydrogen-bond donors (Lipinski definition) is 2. The van der Waals surface area contributed by atoms with Crippen LogP contribution in [-0.4, -0.2) is 15.5 Å². The van der Waals surface area contributed by atoms with Crippen molar-refractivity contribution in [3.8, 4) is 11.3 Å². The van der Waals surface area contributed by atoms with E-state index < -0.39 is 0 Å². The highest BCUT2D eigenvalue weighted by Gasteiger charge is 2.18. The zero-order valence-electron chi connectivity index (χ0n) is 11.1. The summed E-state index contributed by atoms with van der Waals surface area (Å²) in [5, 5.41) is 2.89. The molecule has 0 atom stereocenters. The summed E-state index contributed by atoms with van der Waals surface area (Å²) in [7, 11) is 1.95. The van der Waals surface area contributed by atoms with Crippen molar-refractivity contribution in [2.75, 3.05) is 5.32 Å². The molecule has 0 radical (unpaired) electrons. The molecule has 0 spiro atoms. The zero-order chi connectivity index (χ0) is 14.3. The lowest BCUT2D eigenvalue weighted by Crippen LogP contribution is -2.18. The average molecular weight is 335 g/mol. The molecular weight excluding hydrogens is 320 g/mol. The Morgan fingerprint density at radius 2 is 2.25 bits per heavy atom. The van der Waals surface area contributed by atoms with Gasteiger partial charge in [-0.1, -0.05) is 6.07 Å².